The Morgan fingerprint density at radius 1 is 0.968 bits per heavy atom. The van der Waals surface area contributed by atoms with Crippen molar-refractivity contribution >= 4 is 11.6 Å². The summed E-state index contributed by atoms with van der Waals surface area (Å²) in [5.74, 6) is -1.14. The molecule has 0 saturated heterocycles. The zero-order valence-corrected chi connectivity index (χ0v) is 15.8. The summed E-state index contributed by atoms with van der Waals surface area (Å²) in [6.45, 7) is 0. The average Bonchev–Trinajstić information content (AvgIpc) is 3.28. The zero-order valence-electron chi connectivity index (χ0n) is 15.8. The fourth-order valence-corrected chi connectivity index (χ4v) is 3.07. The van der Waals surface area contributed by atoms with E-state index >= 15 is 0 Å². The molecule has 4 aromatic rings. The third-order valence-electron chi connectivity index (χ3n) is 4.57. The molecule has 0 unspecified atom stereocenters. The Morgan fingerprint density at radius 3 is 2.35 bits per heavy atom. The van der Waals surface area contributed by atoms with Gasteiger partial charge in [0, 0.05) is 11.3 Å². The lowest BCUT2D eigenvalue weighted by Gasteiger charge is -2.12. The van der Waals surface area contributed by atoms with Crippen LogP contribution in [0.1, 0.15) is 15.9 Å². The highest BCUT2D eigenvalue weighted by molar-refractivity contribution is 6.08. The van der Waals surface area contributed by atoms with E-state index in [-0.39, 0.29) is 16.9 Å². The number of anilines is 1. The number of hydrogen-bond acceptors (Lipinski definition) is 3. The summed E-state index contributed by atoms with van der Waals surface area (Å²) in [6.07, 6.45) is -1.83. The number of carbonyl (C=O) groups is 1. The molecule has 0 aliphatic carbocycles. The Balaban J connectivity index is 1.60. The van der Waals surface area contributed by atoms with E-state index in [1.165, 1.54) is 41.6 Å². The molecule has 9 heteroatoms. The predicted molar refractivity (Wildman–Crippen MR) is 106 cm³/mol. The van der Waals surface area contributed by atoms with Gasteiger partial charge in [0.15, 0.2) is 5.82 Å². The quantitative estimate of drug-likeness (QED) is 0.448. The Bertz CT molecular complexity index is 1220. The van der Waals surface area contributed by atoms with Crippen molar-refractivity contribution in [2.45, 2.75) is 6.18 Å². The van der Waals surface area contributed by atoms with E-state index < -0.39 is 23.5 Å². The topological polar surface area (TPSA) is 59.8 Å². The second-order valence-electron chi connectivity index (χ2n) is 6.58. The van der Waals surface area contributed by atoms with Gasteiger partial charge in [0.25, 0.3) is 5.91 Å². The van der Waals surface area contributed by atoms with Crippen LogP contribution in [-0.2, 0) is 6.18 Å². The first-order valence-electron chi connectivity index (χ1n) is 9.05. The van der Waals surface area contributed by atoms with E-state index in [1.807, 2.05) is 0 Å². The minimum Gasteiger partial charge on any atom is -0.322 e. The number of nitrogens with one attached hydrogen (secondary N) is 1. The molecule has 1 aromatic heterocycles. The third kappa shape index (κ3) is 4.30. The summed E-state index contributed by atoms with van der Waals surface area (Å²) >= 11 is 0. The molecule has 0 spiro atoms. The molecule has 0 radical (unpaired) electrons. The number of aromatic nitrogens is 3. The SMILES string of the molecule is O=C(Nc1ccc(-n2cncn2)c(F)c1)c1ccccc1-c1ccc(C(F)(F)F)cc1. The van der Waals surface area contributed by atoms with Crippen molar-refractivity contribution < 1.29 is 22.4 Å². The molecule has 1 N–H and O–H groups in total. The lowest BCUT2D eigenvalue weighted by atomic mass is 9.98. The number of nitrogens with zero attached hydrogens (tertiary/aromatic N) is 3. The minimum absolute atomic E-state index is 0.167. The maximum absolute atomic E-state index is 14.4. The summed E-state index contributed by atoms with van der Waals surface area (Å²) in [7, 11) is 0. The molecule has 0 aliphatic heterocycles. The van der Waals surface area contributed by atoms with Crippen LogP contribution < -0.4 is 5.32 Å². The molecule has 0 saturated carbocycles. The standard InChI is InChI=1S/C22H14F4N4O/c23-19-11-16(9-10-20(19)30-13-27-12-28-30)29-21(31)18-4-2-1-3-17(18)14-5-7-15(8-6-14)22(24,25)26/h1-13H,(H,29,31). The van der Waals surface area contributed by atoms with Gasteiger partial charge >= 0.3 is 6.18 Å². The first-order valence-corrected chi connectivity index (χ1v) is 9.05. The molecule has 1 amide bonds. The first-order chi connectivity index (χ1) is 14.8. The van der Waals surface area contributed by atoms with E-state index in [0.717, 1.165) is 18.2 Å². The maximum atomic E-state index is 14.4. The molecule has 0 aliphatic rings. The monoisotopic (exact) mass is 426 g/mol. The third-order valence-corrected chi connectivity index (χ3v) is 4.57. The van der Waals surface area contributed by atoms with Gasteiger partial charge < -0.3 is 5.32 Å². The minimum atomic E-state index is -4.45. The number of carbonyl (C=O) groups excluding carboxylic acids is 1. The highest BCUT2D eigenvalue weighted by Gasteiger charge is 2.30. The number of benzene rings is 3. The van der Waals surface area contributed by atoms with Gasteiger partial charge in [0.1, 0.15) is 18.3 Å². The molecular weight excluding hydrogens is 412 g/mol. The Labute approximate surface area is 174 Å². The van der Waals surface area contributed by atoms with Gasteiger partial charge in [-0.25, -0.2) is 14.1 Å². The number of hydrogen-bond donors (Lipinski definition) is 1. The highest BCUT2D eigenvalue weighted by atomic mass is 19.4. The van der Waals surface area contributed by atoms with Crippen LogP contribution in [0.3, 0.4) is 0 Å². The molecule has 0 fully saturated rings. The van der Waals surface area contributed by atoms with Gasteiger partial charge in [-0.3, -0.25) is 4.79 Å². The van der Waals surface area contributed by atoms with Crippen molar-refractivity contribution in [1.29, 1.82) is 0 Å². The Morgan fingerprint density at radius 2 is 1.71 bits per heavy atom. The van der Waals surface area contributed by atoms with Gasteiger partial charge in [-0.1, -0.05) is 30.3 Å². The summed E-state index contributed by atoms with van der Waals surface area (Å²) in [5.41, 5.74) is 0.748. The van der Waals surface area contributed by atoms with Crippen LogP contribution in [0.4, 0.5) is 23.2 Å². The van der Waals surface area contributed by atoms with Crippen LogP contribution in [0.5, 0.6) is 0 Å². The number of halogens is 4. The van der Waals surface area contributed by atoms with Crippen molar-refractivity contribution in [1.82, 2.24) is 14.8 Å². The molecule has 4 rings (SSSR count). The van der Waals surface area contributed by atoms with Crippen molar-refractivity contribution in [3.05, 3.63) is 96.3 Å². The van der Waals surface area contributed by atoms with Crippen molar-refractivity contribution in [2.24, 2.45) is 0 Å². The van der Waals surface area contributed by atoms with Crippen LogP contribution in [0.2, 0.25) is 0 Å². The van der Waals surface area contributed by atoms with Gasteiger partial charge in [0.05, 0.1) is 5.56 Å². The molecule has 5 nitrogen and oxygen atoms in total. The number of alkyl halides is 3. The predicted octanol–water partition coefficient (Wildman–Crippen LogP) is 5.34. The fourth-order valence-electron chi connectivity index (χ4n) is 3.07. The summed E-state index contributed by atoms with van der Waals surface area (Å²) < 4.78 is 54.1. The summed E-state index contributed by atoms with van der Waals surface area (Å²) in [4.78, 5) is 16.6. The van der Waals surface area contributed by atoms with Crippen molar-refractivity contribution in [3.8, 4) is 16.8 Å². The largest absolute Gasteiger partial charge is 0.416 e. The lowest BCUT2D eigenvalue weighted by molar-refractivity contribution is -0.137. The maximum Gasteiger partial charge on any atom is 0.416 e. The number of amides is 1. The van der Waals surface area contributed by atoms with Crippen LogP contribution in [0.25, 0.3) is 16.8 Å². The van der Waals surface area contributed by atoms with Gasteiger partial charge in [-0.15, -0.1) is 0 Å². The number of rotatable bonds is 4. The van der Waals surface area contributed by atoms with Crippen LogP contribution in [-0.4, -0.2) is 20.7 Å². The van der Waals surface area contributed by atoms with Crippen LogP contribution in [0.15, 0.2) is 79.4 Å². The molecular formula is C22H14F4N4O. The fraction of sp³-hybridized carbons (Fsp3) is 0.0455. The molecule has 156 valence electrons. The summed E-state index contributed by atoms with van der Waals surface area (Å²) in [6, 6.07) is 15.1. The van der Waals surface area contributed by atoms with E-state index in [9.17, 15) is 22.4 Å². The second-order valence-corrected chi connectivity index (χ2v) is 6.58. The zero-order chi connectivity index (χ0) is 22.0. The van der Waals surface area contributed by atoms with E-state index in [4.69, 9.17) is 0 Å². The van der Waals surface area contributed by atoms with Crippen LogP contribution >= 0.6 is 0 Å². The molecule has 1 heterocycles. The van der Waals surface area contributed by atoms with Gasteiger partial charge in [0.2, 0.25) is 0 Å². The summed E-state index contributed by atoms with van der Waals surface area (Å²) in [5, 5.41) is 6.47. The second kappa shape index (κ2) is 8.02. The van der Waals surface area contributed by atoms with E-state index in [1.54, 1.807) is 24.3 Å². The van der Waals surface area contributed by atoms with Crippen LogP contribution in [0, 0.1) is 5.82 Å². The normalized spacial score (nSPS) is 11.4. The molecule has 31 heavy (non-hydrogen) atoms. The Hall–Kier alpha value is -4.01. The smallest absolute Gasteiger partial charge is 0.322 e. The lowest BCUT2D eigenvalue weighted by Crippen LogP contribution is -2.13. The van der Waals surface area contributed by atoms with Crippen molar-refractivity contribution in [3.63, 3.8) is 0 Å². The molecule has 0 bridgehead atoms. The molecule has 0 atom stereocenters. The van der Waals surface area contributed by atoms with E-state index in [0.29, 0.717) is 11.1 Å². The Kier molecular flexibility index (Phi) is 5.24. The van der Waals surface area contributed by atoms with Crippen molar-refractivity contribution in [2.75, 3.05) is 5.32 Å². The average molecular weight is 426 g/mol. The first kappa shape index (κ1) is 20.3. The van der Waals surface area contributed by atoms with Gasteiger partial charge in [-0.05, 0) is 47.5 Å². The molecule has 3 aromatic carbocycles. The highest BCUT2D eigenvalue weighted by Crippen LogP contribution is 2.32. The van der Waals surface area contributed by atoms with E-state index in [2.05, 4.69) is 15.4 Å². The van der Waals surface area contributed by atoms with Gasteiger partial charge in [-0.2, -0.15) is 18.3 Å².